The first-order valence-electron chi connectivity index (χ1n) is 12.0. The first-order chi connectivity index (χ1) is 16.2. The largest absolute Gasteiger partial charge is 0.463 e. The topological polar surface area (TPSA) is 61.9 Å². The summed E-state index contributed by atoms with van der Waals surface area (Å²) in [5, 5.41) is 3.04. The van der Waals surface area contributed by atoms with Crippen LogP contribution in [-0.4, -0.2) is 48.5 Å². The molecule has 0 fully saturated rings. The van der Waals surface area contributed by atoms with Crippen LogP contribution in [0.4, 0.5) is 4.79 Å². The van der Waals surface area contributed by atoms with E-state index in [9.17, 15) is 9.59 Å². The van der Waals surface area contributed by atoms with Crippen LogP contribution < -0.4 is 5.32 Å². The Morgan fingerprint density at radius 3 is 2.24 bits per heavy atom. The highest BCUT2D eigenvalue weighted by atomic mass is 16.5. The first-order valence-corrected chi connectivity index (χ1v) is 12.0. The predicted octanol–water partition coefficient (Wildman–Crippen LogP) is 5.02. The SMILES string of the molecule is CCOC(=O)C1=C(CN(C)Cc2ccccc2)N(CC)C(=O)NC1c1ccc(C(C)(C)C)cc1. The van der Waals surface area contributed by atoms with Crippen molar-refractivity contribution in [2.24, 2.45) is 0 Å². The molecule has 1 heterocycles. The maximum atomic E-state index is 13.2. The molecule has 0 saturated carbocycles. The van der Waals surface area contributed by atoms with E-state index in [1.54, 1.807) is 11.8 Å². The number of ether oxygens (including phenoxy) is 1. The van der Waals surface area contributed by atoms with Gasteiger partial charge in [0, 0.05) is 25.3 Å². The third-order valence-corrected chi connectivity index (χ3v) is 6.07. The van der Waals surface area contributed by atoms with Crippen LogP contribution in [0.25, 0.3) is 0 Å². The second-order valence-corrected chi connectivity index (χ2v) is 9.74. The maximum absolute atomic E-state index is 13.2. The number of urea groups is 1. The summed E-state index contributed by atoms with van der Waals surface area (Å²) in [4.78, 5) is 30.1. The zero-order valence-electron chi connectivity index (χ0n) is 21.2. The lowest BCUT2D eigenvalue weighted by Gasteiger charge is -2.37. The van der Waals surface area contributed by atoms with Gasteiger partial charge in [-0.2, -0.15) is 0 Å². The molecule has 0 bridgehead atoms. The fraction of sp³-hybridized carbons (Fsp3) is 0.429. The molecule has 0 spiro atoms. The fourth-order valence-corrected chi connectivity index (χ4v) is 4.29. The number of nitrogens with zero attached hydrogens (tertiary/aromatic N) is 2. The number of hydrogen-bond acceptors (Lipinski definition) is 4. The van der Waals surface area contributed by atoms with Gasteiger partial charge in [0.15, 0.2) is 0 Å². The lowest BCUT2D eigenvalue weighted by atomic mass is 9.85. The number of rotatable bonds is 8. The number of benzene rings is 2. The summed E-state index contributed by atoms with van der Waals surface area (Å²) >= 11 is 0. The van der Waals surface area contributed by atoms with E-state index in [0.29, 0.717) is 30.9 Å². The molecule has 0 radical (unpaired) electrons. The van der Waals surface area contributed by atoms with Gasteiger partial charge in [0.1, 0.15) is 0 Å². The summed E-state index contributed by atoms with van der Waals surface area (Å²) in [5.74, 6) is -0.394. The molecule has 1 aliphatic rings. The number of carbonyl (C=O) groups is 2. The monoisotopic (exact) mass is 463 g/mol. The molecule has 1 aliphatic heterocycles. The molecular formula is C28H37N3O3. The summed E-state index contributed by atoms with van der Waals surface area (Å²) in [5.41, 5.74) is 4.42. The highest BCUT2D eigenvalue weighted by Gasteiger charge is 2.38. The van der Waals surface area contributed by atoms with E-state index < -0.39 is 12.0 Å². The number of nitrogens with one attached hydrogen (secondary N) is 1. The van der Waals surface area contributed by atoms with E-state index in [4.69, 9.17) is 4.74 Å². The van der Waals surface area contributed by atoms with Gasteiger partial charge in [-0.15, -0.1) is 0 Å². The van der Waals surface area contributed by atoms with Crippen molar-refractivity contribution in [3.05, 3.63) is 82.6 Å². The Balaban J connectivity index is 2.04. The van der Waals surface area contributed by atoms with Crippen LogP contribution in [0.15, 0.2) is 65.9 Å². The van der Waals surface area contributed by atoms with Crippen LogP contribution >= 0.6 is 0 Å². The standard InChI is InChI=1S/C28H37N3O3/c1-7-31-23(19-30(6)18-20-12-10-9-11-13-20)24(26(32)34-8-2)25(29-27(31)33)21-14-16-22(17-15-21)28(3,4)5/h9-17,25H,7-8,18-19H2,1-6H3,(H,29,33). The van der Waals surface area contributed by atoms with E-state index in [0.717, 1.165) is 5.56 Å². The Hall–Kier alpha value is -3.12. The highest BCUT2D eigenvalue weighted by molar-refractivity contribution is 5.95. The van der Waals surface area contributed by atoms with E-state index >= 15 is 0 Å². The fourth-order valence-electron chi connectivity index (χ4n) is 4.29. The van der Waals surface area contributed by atoms with Crippen molar-refractivity contribution in [3.63, 3.8) is 0 Å². The van der Waals surface area contributed by atoms with Crippen molar-refractivity contribution in [2.75, 3.05) is 26.7 Å². The van der Waals surface area contributed by atoms with Crippen LogP contribution in [0.3, 0.4) is 0 Å². The lowest BCUT2D eigenvalue weighted by molar-refractivity contribution is -0.139. The predicted molar refractivity (Wildman–Crippen MR) is 135 cm³/mol. The molecule has 2 aromatic rings. The van der Waals surface area contributed by atoms with Crippen LogP contribution in [0.2, 0.25) is 0 Å². The van der Waals surface area contributed by atoms with Crippen molar-refractivity contribution in [2.45, 2.75) is 52.6 Å². The van der Waals surface area contributed by atoms with Crippen LogP contribution in [0, 0.1) is 0 Å². The smallest absolute Gasteiger partial charge is 0.338 e. The molecular weight excluding hydrogens is 426 g/mol. The minimum Gasteiger partial charge on any atom is -0.463 e. The average molecular weight is 464 g/mol. The van der Waals surface area contributed by atoms with Gasteiger partial charge in [-0.3, -0.25) is 9.80 Å². The maximum Gasteiger partial charge on any atom is 0.338 e. The van der Waals surface area contributed by atoms with Gasteiger partial charge in [0.25, 0.3) is 0 Å². The van der Waals surface area contributed by atoms with Crippen molar-refractivity contribution < 1.29 is 14.3 Å². The minimum absolute atomic E-state index is 0.0124. The molecule has 1 N–H and O–H groups in total. The lowest BCUT2D eigenvalue weighted by Crippen LogP contribution is -2.50. The highest BCUT2D eigenvalue weighted by Crippen LogP contribution is 2.33. The van der Waals surface area contributed by atoms with E-state index in [1.807, 2.05) is 44.3 Å². The molecule has 2 amide bonds. The van der Waals surface area contributed by atoms with Crippen molar-refractivity contribution in [1.82, 2.24) is 15.1 Å². The molecule has 0 saturated heterocycles. The molecule has 1 atom stereocenters. The van der Waals surface area contributed by atoms with Gasteiger partial charge in [-0.1, -0.05) is 75.4 Å². The zero-order chi connectivity index (χ0) is 24.9. The summed E-state index contributed by atoms with van der Waals surface area (Å²) < 4.78 is 5.48. The normalized spacial score (nSPS) is 16.6. The van der Waals surface area contributed by atoms with Gasteiger partial charge >= 0.3 is 12.0 Å². The van der Waals surface area contributed by atoms with Crippen LogP contribution in [-0.2, 0) is 21.5 Å². The van der Waals surface area contributed by atoms with Gasteiger partial charge in [-0.05, 0) is 43.0 Å². The average Bonchev–Trinajstić information content (AvgIpc) is 2.79. The Labute approximate surface area is 203 Å². The molecule has 182 valence electrons. The third-order valence-electron chi connectivity index (χ3n) is 6.07. The second kappa shape index (κ2) is 10.9. The Morgan fingerprint density at radius 2 is 1.68 bits per heavy atom. The molecule has 6 heteroatoms. The number of likely N-dealkylation sites (N-methyl/N-ethyl adjacent to an activating group) is 2. The summed E-state index contributed by atoms with van der Waals surface area (Å²) in [6.07, 6.45) is 0. The minimum atomic E-state index is -0.566. The van der Waals surface area contributed by atoms with Crippen molar-refractivity contribution in [3.8, 4) is 0 Å². The summed E-state index contributed by atoms with van der Waals surface area (Å²) in [6.45, 7) is 12.1. The quantitative estimate of drug-likeness (QED) is 0.559. The van der Waals surface area contributed by atoms with Gasteiger partial charge < -0.3 is 10.1 Å². The number of carbonyl (C=O) groups excluding carboxylic acids is 2. The molecule has 6 nitrogen and oxygen atoms in total. The third kappa shape index (κ3) is 5.86. The van der Waals surface area contributed by atoms with E-state index in [1.165, 1.54) is 11.1 Å². The Bertz CT molecular complexity index is 1020. The number of hydrogen-bond donors (Lipinski definition) is 1. The molecule has 34 heavy (non-hydrogen) atoms. The Kier molecular flexibility index (Phi) is 8.15. The van der Waals surface area contributed by atoms with Gasteiger partial charge in [-0.25, -0.2) is 9.59 Å². The molecule has 0 aliphatic carbocycles. The first kappa shape index (κ1) is 25.5. The Morgan fingerprint density at radius 1 is 1.03 bits per heavy atom. The molecule has 3 rings (SSSR count). The zero-order valence-corrected chi connectivity index (χ0v) is 21.2. The van der Waals surface area contributed by atoms with Gasteiger partial charge in [0.05, 0.1) is 18.2 Å². The molecule has 1 unspecified atom stereocenters. The number of amides is 2. The van der Waals surface area contributed by atoms with Crippen LogP contribution in [0.5, 0.6) is 0 Å². The summed E-state index contributed by atoms with van der Waals surface area (Å²) in [7, 11) is 2.00. The van der Waals surface area contributed by atoms with Crippen molar-refractivity contribution >= 4 is 12.0 Å². The van der Waals surface area contributed by atoms with Gasteiger partial charge in [0.2, 0.25) is 0 Å². The summed E-state index contributed by atoms with van der Waals surface area (Å²) in [6, 6.07) is 17.5. The number of esters is 1. The van der Waals surface area contributed by atoms with Crippen molar-refractivity contribution in [1.29, 1.82) is 0 Å². The molecule has 2 aromatic carbocycles. The molecule has 0 aromatic heterocycles. The second-order valence-electron chi connectivity index (χ2n) is 9.74. The van der Waals surface area contributed by atoms with E-state index in [-0.39, 0.29) is 18.1 Å². The van der Waals surface area contributed by atoms with Crippen LogP contribution in [0.1, 0.15) is 57.4 Å². The van der Waals surface area contributed by atoms with E-state index in [2.05, 4.69) is 55.3 Å².